The van der Waals surface area contributed by atoms with Crippen molar-refractivity contribution in [2.45, 2.75) is 129 Å². The molecule has 19 N–H and O–H groups in total. The fourth-order valence-corrected chi connectivity index (χ4v) is 10.3. The third kappa shape index (κ3) is 9.32. The summed E-state index contributed by atoms with van der Waals surface area (Å²) in [6.45, 7) is -0.0248. The van der Waals surface area contributed by atoms with E-state index in [2.05, 4.69) is 41.7 Å². The molecule has 4 aromatic rings. The highest BCUT2D eigenvalue weighted by Gasteiger charge is 2.54. The van der Waals surface area contributed by atoms with Gasteiger partial charge in [0.1, 0.15) is 61.0 Å². The number of nitrogens with two attached hydrogens (primary N) is 6. The average molecular weight is 916 g/mol. The van der Waals surface area contributed by atoms with Gasteiger partial charge in [-0.3, -0.25) is 4.79 Å². The maximum absolute atomic E-state index is 13.3. The summed E-state index contributed by atoms with van der Waals surface area (Å²) < 4.78 is 36.6. The van der Waals surface area contributed by atoms with Gasteiger partial charge in [0.15, 0.2) is 18.9 Å². The summed E-state index contributed by atoms with van der Waals surface area (Å²) >= 11 is 1.39. The van der Waals surface area contributed by atoms with Crippen LogP contribution in [0.15, 0.2) is 54.6 Å². The van der Waals surface area contributed by atoms with Crippen LogP contribution in [-0.4, -0.2) is 184 Å². The summed E-state index contributed by atoms with van der Waals surface area (Å²) in [5.74, 6) is 0.474. The number of carbonyl (C=O) groups is 1. The number of rotatable bonds is 15. The fraction of sp³-hybridized carbons (Fsp3) is 0.605. The third-order valence-corrected chi connectivity index (χ3v) is 14.1. The zero-order valence-electron chi connectivity index (χ0n) is 35.0. The molecule has 0 bridgehead atoms. The van der Waals surface area contributed by atoms with Gasteiger partial charge in [0.25, 0.3) is 0 Å². The number of hydrogen-bond donors (Lipinski definition) is 13. The van der Waals surface area contributed by atoms with Gasteiger partial charge in [-0.15, -0.1) is 0 Å². The first kappa shape index (κ1) is 47.5. The van der Waals surface area contributed by atoms with Crippen molar-refractivity contribution in [3.8, 4) is 0 Å². The van der Waals surface area contributed by atoms with Crippen molar-refractivity contribution in [3.05, 3.63) is 60.2 Å². The minimum absolute atomic E-state index is 0.0840. The molecular formula is C43H61N7O13S. The van der Waals surface area contributed by atoms with Gasteiger partial charge in [0.05, 0.1) is 30.7 Å². The van der Waals surface area contributed by atoms with Crippen molar-refractivity contribution in [1.82, 2.24) is 5.32 Å². The zero-order valence-corrected chi connectivity index (χ0v) is 35.8. The number of benzene rings is 4. The van der Waals surface area contributed by atoms with E-state index in [1.54, 1.807) is 0 Å². The number of thioether (sulfide) groups is 1. The van der Waals surface area contributed by atoms with E-state index < -0.39 is 116 Å². The predicted molar refractivity (Wildman–Crippen MR) is 235 cm³/mol. The van der Waals surface area contributed by atoms with E-state index in [1.807, 2.05) is 18.2 Å². The van der Waals surface area contributed by atoms with Crippen LogP contribution in [0.4, 0.5) is 0 Å². The second-order valence-corrected chi connectivity index (χ2v) is 18.4. The average Bonchev–Trinajstić information content (AvgIpc) is 3.58. The van der Waals surface area contributed by atoms with E-state index in [4.69, 9.17) is 62.8 Å². The predicted octanol–water partition coefficient (Wildman–Crippen LogP) is -3.90. The first-order chi connectivity index (χ1) is 30.7. The molecule has 19 atom stereocenters. The topological polar surface area (TPSA) is 362 Å². The lowest BCUT2D eigenvalue weighted by Crippen LogP contribution is -2.68. The van der Waals surface area contributed by atoms with Crippen LogP contribution in [0.2, 0.25) is 0 Å². The minimum Gasteiger partial charge on any atom is -0.389 e. The quantitative estimate of drug-likeness (QED) is 0.0400. The lowest BCUT2D eigenvalue weighted by atomic mass is 9.84. The van der Waals surface area contributed by atoms with Gasteiger partial charge in [-0.1, -0.05) is 54.6 Å². The molecule has 0 unspecified atom stereocenters. The van der Waals surface area contributed by atoms with E-state index in [-0.39, 0.29) is 37.6 Å². The van der Waals surface area contributed by atoms with Gasteiger partial charge in [-0.25, -0.2) is 0 Å². The van der Waals surface area contributed by atoms with Crippen LogP contribution in [0, 0.1) is 0 Å². The number of nitrogens with one attached hydrogen (secondary N) is 1. The highest BCUT2D eigenvalue weighted by atomic mass is 32.2. The number of amides is 1. The largest absolute Gasteiger partial charge is 0.389 e. The van der Waals surface area contributed by atoms with Gasteiger partial charge in [0, 0.05) is 43.2 Å². The van der Waals surface area contributed by atoms with Crippen LogP contribution < -0.4 is 39.7 Å². The molecule has 0 spiro atoms. The monoisotopic (exact) mass is 915 g/mol. The van der Waals surface area contributed by atoms with Gasteiger partial charge in [0.2, 0.25) is 5.91 Å². The number of aliphatic hydroxyl groups is 6. The van der Waals surface area contributed by atoms with Crippen LogP contribution in [0.5, 0.6) is 0 Å². The Kier molecular flexibility index (Phi) is 14.9. The van der Waals surface area contributed by atoms with E-state index in [0.29, 0.717) is 12.3 Å². The summed E-state index contributed by atoms with van der Waals surface area (Å²) in [4.78, 5) is 13.3. The summed E-state index contributed by atoms with van der Waals surface area (Å²) in [5, 5.41) is 75.1. The first-order valence-corrected chi connectivity index (χ1v) is 22.8. The molecule has 3 heterocycles. The number of ether oxygens (including phenoxy) is 6. The first-order valence-electron chi connectivity index (χ1n) is 21.6. The Morgan fingerprint density at radius 3 is 1.80 bits per heavy atom. The number of aliphatic hydroxyl groups excluding tert-OH is 6. The Hall–Kier alpha value is -2.98. The third-order valence-electron chi connectivity index (χ3n) is 13.0. The summed E-state index contributed by atoms with van der Waals surface area (Å²) in [7, 11) is 0. The van der Waals surface area contributed by atoms with Crippen molar-refractivity contribution in [3.63, 3.8) is 0 Å². The van der Waals surface area contributed by atoms with E-state index >= 15 is 0 Å². The summed E-state index contributed by atoms with van der Waals surface area (Å²) in [6.07, 6.45) is -19.3. The standard InChI is InChI=1S/C43H61N7O13S/c44-14-24-33(53)35(55)30(48)41(58-24)61-38-23(47)13-22(46)32(52)40(38)63-43-37(57)39(62-42-31(49)36(56)34(54)25(15-45)59-42)26(60-43)16-64-11-10-50-27(51)12-20-7-6-19-5-4-17-2-1-3-18-8-9-21(20)29(19)28(17)18/h1-9,22-26,30-43,52-57H,10-16,44-49H2,(H,50,51)/t22-,23+,24-,25+,26-,30-,31-,32+,33-,34-,35-,36-,37-,38-,39-,40-,41-,42-,43+/m1/s1. The van der Waals surface area contributed by atoms with Gasteiger partial charge in [-0.2, -0.15) is 11.8 Å². The molecule has 4 aliphatic rings. The minimum atomic E-state index is -1.57. The van der Waals surface area contributed by atoms with Crippen LogP contribution in [-0.2, 0) is 39.6 Å². The van der Waals surface area contributed by atoms with E-state index in [0.717, 1.165) is 32.5 Å². The summed E-state index contributed by atoms with van der Waals surface area (Å²) in [6, 6.07) is 14.4. The van der Waals surface area contributed by atoms with E-state index in [9.17, 15) is 35.4 Å². The smallest absolute Gasteiger partial charge is 0.224 e. The zero-order chi connectivity index (χ0) is 45.6. The molecular weight excluding hydrogens is 855 g/mol. The van der Waals surface area contributed by atoms with Crippen LogP contribution >= 0.6 is 11.8 Å². The lowest BCUT2D eigenvalue weighted by Gasteiger charge is -2.47. The normalized spacial score (nSPS) is 39.5. The van der Waals surface area contributed by atoms with Gasteiger partial charge < -0.3 is 98.8 Å². The molecule has 0 radical (unpaired) electrons. The van der Waals surface area contributed by atoms with Crippen LogP contribution in [0.1, 0.15) is 12.0 Å². The van der Waals surface area contributed by atoms with Crippen molar-refractivity contribution >= 4 is 50.0 Å². The van der Waals surface area contributed by atoms with Gasteiger partial charge in [-0.05, 0) is 44.3 Å². The Morgan fingerprint density at radius 1 is 0.625 bits per heavy atom. The molecule has 3 aliphatic heterocycles. The lowest BCUT2D eigenvalue weighted by molar-refractivity contribution is -0.306. The van der Waals surface area contributed by atoms with Gasteiger partial charge >= 0.3 is 0 Å². The second-order valence-electron chi connectivity index (χ2n) is 17.2. The molecule has 0 aromatic heterocycles. The molecule has 8 rings (SSSR count). The maximum Gasteiger partial charge on any atom is 0.224 e. The molecule has 64 heavy (non-hydrogen) atoms. The highest BCUT2D eigenvalue weighted by molar-refractivity contribution is 7.99. The number of hydrogen-bond acceptors (Lipinski definition) is 20. The summed E-state index contributed by atoms with van der Waals surface area (Å²) in [5.41, 5.74) is 37.7. The molecule has 352 valence electrons. The van der Waals surface area contributed by atoms with E-state index in [1.165, 1.54) is 17.1 Å². The fourth-order valence-electron chi connectivity index (χ4n) is 9.38. The Balaban J connectivity index is 0.939. The van der Waals surface area contributed by atoms with Crippen LogP contribution in [0.25, 0.3) is 32.3 Å². The maximum atomic E-state index is 13.3. The Morgan fingerprint density at radius 2 is 1.17 bits per heavy atom. The molecule has 1 aliphatic carbocycles. The van der Waals surface area contributed by atoms with Crippen molar-refractivity contribution in [1.29, 1.82) is 0 Å². The SMILES string of the molecule is NC[C@@H]1O[C@H](O[C@H]2[C@@H](O)[C@H](O[C@@H]3[C@@H](O)[C@H](N)C[C@H](N)[C@H]3O[C@H]3O[C@H](CN)[C@@H](O)[C@H](O)[C@H]3N)O[C@@H]2CSCCNC(=O)Cc2ccc3ccc4cccc5ccc2c3c45)[C@H](N)[C@@H](O)[C@@H]1O. The van der Waals surface area contributed by atoms with Crippen molar-refractivity contribution in [2.75, 3.05) is 31.1 Å². The van der Waals surface area contributed by atoms with Crippen molar-refractivity contribution < 1.29 is 63.9 Å². The molecule has 4 fully saturated rings. The molecule has 3 saturated heterocycles. The molecule has 20 nitrogen and oxygen atoms in total. The Labute approximate surface area is 373 Å². The Bertz CT molecular complexity index is 2180. The van der Waals surface area contributed by atoms with Crippen LogP contribution in [0.3, 0.4) is 0 Å². The molecule has 1 saturated carbocycles. The molecule has 1 amide bonds. The van der Waals surface area contributed by atoms with Crippen molar-refractivity contribution in [2.24, 2.45) is 34.4 Å². The molecule has 21 heteroatoms. The highest BCUT2D eigenvalue weighted by Crippen LogP contribution is 2.37. The number of carbonyl (C=O) groups excluding carboxylic acids is 1. The molecule has 4 aromatic carbocycles. The second kappa shape index (κ2) is 20.1.